The van der Waals surface area contributed by atoms with Gasteiger partial charge in [0.25, 0.3) is 0 Å². The van der Waals surface area contributed by atoms with E-state index in [4.69, 9.17) is 0 Å². The van der Waals surface area contributed by atoms with Crippen molar-refractivity contribution in [2.45, 2.75) is 57.5 Å². The first-order chi connectivity index (χ1) is 7.66. The lowest BCUT2D eigenvalue weighted by atomic mass is 9.97. The van der Waals surface area contributed by atoms with E-state index in [2.05, 4.69) is 10.6 Å². The fraction of sp³-hybridized carbons (Fsp3) is 0.833. The van der Waals surface area contributed by atoms with Crippen molar-refractivity contribution in [1.82, 2.24) is 10.6 Å². The van der Waals surface area contributed by atoms with Crippen molar-refractivity contribution in [2.75, 3.05) is 0 Å². The summed E-state index contributed by atoms with van der Waals surface area (Å²) >= 11 is 0. The molecule has 1 unspecified atom stereocenters. The molecule has 0 aromatic carbocycles. The quantitative estimate of drug-likeness (QED) is 0.747. The van der Waals surface area contributed by atoms with Crippen LogP contribution in [0.15, 0.2) is 0 Å². The molecule has 0 radical (unpaired) electrons. The third-order valence-electron chi connectivity index (χ3n) is 3.44. The first kappa shape index (κ1) is 11.4. The summed E-state index contributed by atoms with van der Waals surface area (Å²) in [5, 5.41) is 5.79. The van der Waals surface area contributed by atoms with Crippen LogP contribution in [-0.4, -0.2) is 23.9 Å². The van der Waals surface area contributed by atoms with Crippen LogP contribution in [0.3, 0.4) is 0 Å². The summed E-state index contributed by atoms with van der Waals surface area (Å²) < 4.78 is 0. The second kappa shape index (κ2) is 4.85. The van der Waals surface area contributed by atoms with Crippen molar-refractivity contribution in [1.29, 1.82) is 0 Å². The van der Waals surface area contributed by atoms with Gasteiger partial charge < -0.3 is 10.6 Å². The SMILES string of the molecule is CC(=O)NC(C(=O)NC1CC1)C1CCCC1. The summed E-state index contributed by atoms with van der Waals surface area (Å²) in [5.74, 6) is 0.245. The summed E-state index contributed by atoms with van der Waals surface area (Å²) in [6.45, 7) is 1.48. The highest BCUT2D eigenvalue weighted by atomic mass is 16.2. The third-order valence-corrected chi connectivity index (χ3v) is 3.44. The Kier molecular flexibility index (Phi) is 3.46. The summed E-state index contributed by atoms with van der Waals surface area (Å²) in [6.07, 6.45) is 6.65. The fourth-order valence-electron chi connectivity index (χ4n) is 2.43. The van der Waals surface area contributed by atoms with Gasteiger partial charge in [-0.05, 0) is 31.6 Å². The van der Waals surface area contributed by atoms with Crippen LogP contribution in [0.2, 0.25) is 0 Å². The van der Waals surface area contributed by atoms with Crippen molar-refractivity contribution in [3.05, 3.63) is 0 Å². The Hall–Kier alpha value is -1.06. The molecular formula is C12H20N2O2. The van der Waals surface area contributed by atoms with Gasteiger partial charge in [-0.3, -0.25) is 9.59 Å². The lowest BCUT2D eigenvalue weighted by Crippen LogP contribution is -2.50. The van der Waals surface area contributed by atoms with Gasteiger partial charge in [-0.15, -0.1) is 0 Å². The molecule has 0 heterocycles. The predicted molar refractivity (Wildman–Crippen MR) is 60.7 cm³/mol. The summed E-state index contributed by atoms with van der Waals surface area (Å²) in [5.41, 5.74) is 0. The number of amides is 2. The van der Waals surface area contributed by atoms with Gasteiger partial charge in [0.1, 0.15) is 6.04 Å². The number of rotatable bonds is 4. The zero-order valence-corrected chi connectivity index (χ0v) is 9.79. The number of carbonyl (C=O) groups is 2. The zero-order valence-electron chi connectivity index (χ0n) is 9.79. The average molecular weight is 224 g/mol. The maximum Gasteiger partial charge on any atom is 0.243 e. The second-order valence-electron chi connectivity index (χ2n) is 5.01. The standard InChI is InChI=1S/C12H20N2O2/c1-8(15)13-11(9-4-2-3-5-9)12(16)14-10-6-7-10/h9-11H,2-7H2,1H3,(H,13,15)(H,14,16). The highest BCUT2D eigenvalue weighted by molar-refractivity contribution is 5.87. The van der Waals surface area contributed by atoms with Crippen LogP contribution in [0, 0.1) is 5.92 Å². The van der Waals surface area contributed by atoms with E-state index in [0.717, 1.165) is 25.7 Å². The minimum Gasteiger partial charge on any atom is -0.352 e. The molecule has 2 rings (SSSR count). The molecule has 0 aromatic rings. The molecule has 90 valence electrons. The Bertz CT molecular complexity index is 281. The van der Waals surface area contributed by atoms with Gasteiger partial charge in [0, 0.05) is 13.0 Å². The molecule has 0 bridgehead atoms. The summed E-state index contributed by atoms with van der Waals surface area (Å²) in [7, 11) is 0. The minimum atomic E-state index is -0.305. The molecule has 2 N–H and O–H groups in total. The van der Waals surface area contributed by atoms with Crippen molar-refractivity contribution in [3.63, 3.8) is 0 Å². The highest BCUT2D eigenvalue weighted by Gasteiger charge is 2.34. The maximum atomic E-state index is 12.0. The lowest BCUT2D eigenvalue weighted by molar-refractivity contribution is -0.129. The molecule has 0 aromatic heterocycles. The molecule has 0 saturated heterocycles. The Balaban J connectivity index is 1.93. The van der Waals surface area contributed by atoms with Crippen LogP contribution in [-0.2, 0) is 9.59 Å². The van der Waals surface area contributed by atoms with E-state index < -0.39 is 0 Å². The molecule has 0 spiro atoms. The van der Waals surface area contributed by atoms with Crippen molar-refractivity contribution >= 4 is 11.8 Å². The van der Waals surface area contributed by atoms with Gasteiger partial charge >= 0.3 is 0 Å². The molecular weight excluding hydrogens is 204 g/mol. The van der Waals surface area contributed by atoms with Gasteiger partial charge in [0.15, 0.2) is 0 Å². The van der Waals surface area contributed by atoms with Gasteiger partial charge in [-0.1, -0.05) is 12.8 Å². The maximum absolute atomic E-state index is 12.0. The molecule has 2 saturated carbocycles. The van der Waals surface area contributed by atoms with E-state index in [-0.39, 0.29) is 17.9 Å². The smallest absolute Gasteiger partial charge is 0.243 e. The van der Waals surface area contributed by atoms with Crippen LogP contribution >= 0.6 is 0 Å². The van der Waals surface area contributed by atoms with Crippen LogP contribution in [0.5, 0.6) is 0 Å². The molecule has 2 aliphatic carbocycles. The summed E-state index contributed by atoms with van der Waals surface area (Å²) in [4.78, 5) is 23.1. The van der Waals surface area contributed by atoms with Gasteiger partial charge in [0.05, 0.1) is 0 Å². The first-order valence-corrected chi connectivity index (χ1v) is 6.24. The highest BCUT2D eigenvalue weighted by Crippen LogP contribution is 2.28. The molecule has 16 heavy (non-hydrogen) atoms. The molecule has 2 aliphatic rings. The molecule has 4 nitrogen and oxygen atoms in total. The average Bonchev–Trinajstić information content (AvgIpc) is 2.87. The van der Waals surface area contributed by atoms with E-state index in [9.17, 15) is 9.59 Å². The Labute approximate surface area is 96.2 Å². The number of hydrogen-bond donors (Lipinski definition) is 2. The Morgan fingerprint density at radius 2 is 1.75 bits per heavy atom. The molecule has 2 fully saturated rings. The van der Waals surface area contributed by atoms with Crippen LogP contribution in [0.1, 0.15) is 45.4 Å². The van der Waals surface area contributed by atoms with Gasteiger partial charge in [-0.25, -0.2) is 0 Å². The van der Waals surface area contributed by atoms with E-state index >= 15 is 0 Å². The van der Waals surface area contributed by atoms with Gasteiger partial charge in [0.2, 0.25) is 11.8 Å². The van der Waals surface area contributed by atoms with E-state index in [1.165, 1.54) is 19.8 Å². The van der Waals surface area contributed by atoms with E-state index in [1.807, 2.05) is 0 Å². The topological polar surface area (TPSA) is 58.2 Å². The van der Waals surface area contributed by atoms with Crippen molar-refractivity contribution in [2.24, 2.45) is 5.92 Å². The van der Waals surface area contributed by atoms with Crippen LogP contribution < -0.4 is 10.6 Å². The largest absolute Gasteiger partial charge is 0.352 e. The summed E-state index contributed by atoms with van der Waals surface area (Å²) in [6, 6.07) is 0.0609. The number of nitrogens with one attached hydrogen (secondary N) is 2. The number of carbonyl (C=O) groups excluding carboxylic acids is 2. The monoisotopic (exact) mass is 224 g/mol. The Morgan fingerprint density at radius 1 is 1.12 bits per heavy atom. The third kappa shape index (κ3) is 2.97. The second-order valence-corrected chi connectivity index (χ2v) is 5.01. The molecule has 0 aliphatic heterocycles. The van der Waals surface area contributed by atoms with E-state index in [0.29, 0.717) is 12.0 Å². The van der Waals surface area contributed by atoms with Crippen molar-refractivity contribution in [3.8, 4) is 0 Å². The molecule has 4 heteroatoms. The fourth-order valence-corrected chi connectivity index (χ4v) is 2.43. The number of hydrogen-bond acceptors (Lipinski definition) is 2. The van der Waals surface area contributed by atoms with Crippen LogP contribution in [0.4, 0.5) is 0 Å². The first-order valence-electron chi connectivity index (χ1n) is 6.24. The van der Waals surface area contributed by atoms with Crippen LogP contribution in [0.25, 0.3) is 0 Å². The molecule has 2 amide bonds. The molecule has 1 atom stereocenters. The van der Waals surface area contributed by atoms with Crippen molar-refractivity contribution < 1.29 is 9.59 Å². The minimum absolute atomic E-state index is 0.0181. The lowest BCUT2D eigenvalue weighted by Gasteiger charge is -2.23. The zero-order chi connectivity index (χ0) is 11.5. The van der Waals surface area contributed by atoms with Gasteiger partial charge in [-0.2, -0.15) is 0 Å². The predicted octanol–water partition coefficient (Wildman–Crippen LogP) is 0.960. The van der Waals surface area contributed by atoms with E-state index in [1.54, 1.807) is 0 Å². The Morgan fingerprint density at radius 3 is 2.25 bits per heavy atom. The normalized spacial score (nSPS) is 22.8.